The lowest BCUT2D eigenvalue weighted by molar-refractivity contribution is -0.126. The highest BCUT2D eigenvalue weighted by Crippen LogP contribution is 2.44. The van der Waals surface area contributed by atoms with Gasteiger partial charge in [0.15, 0.2) is 0 Å². The number of rotatable bonds is 3. The topological polar surface area (TPSA) is 40.9 Å². The average molecular weight is 177 g/mol. The fraction of sp³-hybridized carbons (Fsp3) is 0.636. The number of Topliss-reactive ketones (excluding diaryl/α,β-unsaturated/α-hetero) is 1. The largest absolute Gasteiger partial charge is 0.299 e. The maximum atomic E-state index is 11.6. The van der Waals surface area contributed by atoms with Crippen LogP contribution in [0.3, 0.4) is 0 Å². The molecule has 0 spiro atoms. The quantitative estimate of drug-likeness (QED) is 0.621. The van der Waals surface area contributed by atoms with E-state index in [-0.39, 0.29) is 11.3 Å². The summed E-state index contributed by atoms with van der Waals surface area (Å²) >= 11 is 0. The fourth-order valence-electron chi connectivity index (χ4n) is 2.12. The first-order valence-electron chi connectivity index (χ1n) is 4.68. The van der Waals surface area contributed by atoms with E-state index in [0.717, 1.165) is 6.42 Å². The Hall–Kier alpha value is -1.10. The Kier molecular flexibility index (Phi) is 2.87. The zero-order chi connectivity index (χ0) is 9.90. The molecule has 0 aromatic rings. The minimum Gasteiger partial charge on any atom is -0.299 e. The van der Waals surface area contributed by atoms with Crippen LogP contribution >= 0.6 is 0 Å². The second-order valence-electron chi connectivity index (χ2n) is 3.88. The molecule has 0 radical (unpaired) electrons. The van der Waals surface area contributed by atoms with Gasteiger partial charge in [0.1, 0.15) is 5.78 Å². The summed E-state index contributed by atoms with van der Waals surface area (Å²) in [6.07, 6.45) is 4.57. The van der Waals surface area contributed by atoms with Gasteiger partial charge in [0, 0.05) is 18.3 Å². The van der Waals surface area contributed by atoms with Crippen molar-refractivity contribution in [3.05, 3.63) is 12.7 Å². The summed E-state index contributed by atoms with van der Waals surface area (Å²) in [6, 6.07) is 2.10. The predicted molar refractivity (Wildman–Crippen MR) is 50.9 cm³/mol. The van der Waals surface area contributed by atoms with Gasteiger partial charge in [0.25, 0.3) is 0 Å². The van der Waals surface area contributed by atoms with Crippen molar-refractivity contribution in [1.29, 1.82) is 5.26 Å². The number of nitriles is 1. The molecule has 0 heterocycles. The van der Waals surface area contributed by atoms with Crippen LogP contribution in [0.5, 0.6) is 0 Å². The van der Waals surface area contributed by atoms with Gasteiger partial charge in [-0.25, -0.2) is 0 Å². The molecule has 1 aliphatic carbocycles. The van der Waals surface area contributed by atoms with E-state index in [1.165, 1.54) is 0 Å². The molecule has 0 saturated heterocycles. The summed E-state index contributed by atoms with van der Waals surface area (Å²) in [5.74, 6) is 0.570. The van der Waals surface area contributed by atoms with Crippen LogP contribution in [0.15, 0.2) is 12.7 Å². The van der Waals surface area contributed by atoms with E-state index in [2.05, 4.69) is 12.6 Å². The van der Waals surface area contributed by atoms with E-state index < -0.39 is 0 Å². The molecule has 2 unspecified atom stereocenters. The third-order valence-corrected chi connectivity index (χ3v) is 3.18. The molecule has 1 fully saturated rings. The van der Waals surface area contributed by atoms with Gasteiger partial charge in [-0.2, -0.15) is 5.26 Å². The molecule has 13 heavy (non-hydrogen) atoms. The van der Waals surface area contributed by atoms with Gasteiger partial charge in [0.2, 0.25) is 0 Å². The van der Waals surface area contributed by atoms with Crippen LogP contribution < -0.4 is 0 Å². The number of ketones is 1. The number of carbonyl (C=O) groups excluding carboxylic acids is 1. The fourth-order valence-corrected chi connectivity index (χ4v) is 2.12. The lowest BCUT2D eigenvalue weighted by Crippen LogP contribution is -2.27. The molecular weight excluding hydrogens is 162 g/mol. The Bertz CT molecular complexity index is 264. The molecular formula is C11H15NO. The summed E-state index contributed by atoms with van der Waals surface area (Å²) in [5.41, 5.74) is -0.308. The van der Waals surface area contributed by atoms with Gasteiger partial charge >= 0.3 is 0 Å². The normalized spacial score (nSPS) is 32.9. The van der Waals surface area contributed by atoms with E-state index in [9.17, 15) is 4.79 Å². The Labute approximate surface area is 79.2 Å². The lowest BCUT2D eigenvalue weighted by Gasteiger charge is -2.26. The smallest absolute Gasteiger partial charge is 0.139 e. The summed E-state index contributed by atoms with van der Waals surface area (Å²) < 4.78 is 0. The first kappa shape index (κ1) is 9.98. The number of allylic oxidation sites excluding steroid dienone is 1. The maximum absolute atomic E-state index is 11.6. The summed E-state index contributed by atoms with van der Waals surface area (Å²) in [6.45, 7) is 5.71. The van der Waals surface area contributed by atoms with Crippen LogP contribution in [0.25, 0.3) is 0 Å². The van der Waals surface area contributed by atoms with Crippen LogP contribution in [0.1, 0.15) is 32.6 Å². The third kappa shape index (κ3) is 1.65. The molecule has 70 valence electrons. The maximum Gasteiger partial charge on any atom is 0.139 e. The van der Waals surface area contributed by atoms with Crippen molar-refractivity contribution in [2.24, 2.45) is 11.3 Å². The second kappa shape index (κ2) is 3.74. The Morgan fingerprint density at radius 2 is 2.54 bits per heavy atom. The molecule has 0 aromatic carbocycles. The van der Waals surface area contributed by atoms with Crippen molar-refractivity contribution in [2.45, 2.75) is 32.6 Å². The van der Waals surface area contributed by atoms with E-state index in [1.807, 2.05) is 13.0 Å². The highest BCUT2D eigenvalue weighted by molar-refractivity contribution is 5.87. The third-order valence-electron chi connectivity index (χ3n) is 3.18. The minimum absolute atomic E-state index is 0.272. The second-order valence-corrected chi connectivity index (χ2v) is 3.88. The molecule has 1 rings (SSSR count). The number of hydrogen-bond acceptors (Lipinski definition) is 2. The Morgan fingerprint density at radius 3 is 3.08 bits per heavy atom. The molecule has 0 bridgehead atoms. The SMILES string of the molecule is C=CC1CCC(=O)C1(C)CCC#N. The van der Waals surface area contributed by atoms with Crippen LogP contribution in [0.2, 0.25) is 0 Å². The molecule has 2 atom stereocenters. The highest BCUT2D eigenvalue weighted by Gasteiger charge is 2.43. The Morgan fingerprint density at radius 1 is 1.85 bits per heavy atom. The van der Waals surface area contributed by atoms with Gasteiger partial charge in [-0.05, 0) is 18.8 Å². The van der Waals surface area contributed by atoms with E-state index >= 15 is 0 Å². The van der Waals surface area contributed by atoms with Crippen molar-refractivity contribution < 1.29 is 4.79 Å². The molecule has 0 amide bonds. The molecule has 0 aromatic heterocycles. The number of nitrogens with zero attached hydrogens (tertiary/aromatic N) is 1. The summed E-state index contributed by atoms with van der Waals surface area (Å²) in [5, 5.41) is 8.50. The van der Waals surface area contributed by atoms with Gasteiger partial charge < -0.3 is 0 Å². The standard InChI is InChI=1S/C11H15NO/c1-3-9-5-6-10(13)11(9,2)7-4-8-12/h3,9H,1,4-7H2,2H3. The van der Waals surface area contributed by atoms with Crippen molar-refractivity contribution >= 4 is 5.78 Å². The van der Waals surface area contributed by atoms with Crippen LogP contribution in [0.4, 0.5) is 0 Å². The average Bonchev–Trinajstić information content (AvgIpc) is 2.41. The van der Waals surface area contributed by atoms with Gasteiger partial charge in [-0.15, -0.1) is 6.58 Å². The summed E-state index contributed by atoms with van der Waals surface area (Å²) in [7, 11) is 0. The first-order chi connectivity index (χ1) is 6.15. The van der Waals surface area contributed by atoms with Gasteiger partial charge in [0.05, 0.1) is 6.07 Å². The van der Waals surface area contributed by atoms with E-state index in [1.54, 1.807) is 0 Å². The zero-order valence-electron chi connectivity index (χ0n) is 8.05. The molecule has 0 N–H and O–H groups in total. The zero-order valence-corrected chi connectivity index (χ0v) is 8.05. The van der Waals surface area contributed by atoms with Gasteiger partial charge in [-0.3, -0.25) is 4.79 Å². The first-order valence-corrected chi connectivity index (χ1v) is 4.68. The van der Waals surface area contributed by atoms with Crippen molar-refractivity contribution in [2.75, 3.05) is 0 Å². The van der Waals surface area contributed by atoms with Crippen molar-refractivity contribution in [1.82, 2.24) is 0 Å². The lowest BCUT2D eigenvalue weighted by atomic mass is 9.75. The molecule has 2 heteroatoms. The summed E-state index contributed by atoms with van der Waals surface area (Å²) in [4.78, 5) is 11.6. The van der Waals surface area contributed by atoms with Gasteiger partial charge in [-0.1, -0.05) is 13.0 Å². The molecule has 0 aliphatic heterocycles. The minimum atomic E-state index is -0.308. The van der Waals surface area contributed by atoms with Crippen LogP contribution in [-0.4, -0.2) is 5.78 Å². The van der Waals surface area contributed by atoms with Crippen molar-refractivity contribution in [3.8, 4) is 6.07 Å². The molecule has 1 saturated carbocycles. The predicted octanol–water partition coefficient (Wildman–Crippen LogP) is 2.46. The van der Waals surface area contributed by atoms with E-state index in [0.29, 0.717) is 25.0 Å². The number of hydrogen-bond donors (Lipinski definition) is 0. The van der Waals surface area contributed by atoms with Crippen LogP contribution in [0, 0.1) is 22.7 Å². The highest BCUT2D eigenvalue weighted by atomic mass is 16.1. The molecule has 1 aliphatic rings. The Balaban J connectivity index is 2.77. The van der Waals surface area contributed by atoms with Crippen molar-refractivity contribution in [3.63, 3.8) is 0 Å². The molecule has 2 nitrogen and oxygen atoms in total. The van der Waals surface area contributed by atoms with E-state index in [4.69, 9.17) is 5.26 Å². The monoisotopic (exact) mass is 177 g/mol. The van der Waals surface area contributed by atoms with Crippen LogP contribution in [-0.2, 0) is 4.79 Å². The number of carbonyl (C=O) groups is 1.